The Balaban J connectivity index is 1.54. The van der Waals surface area contributed by atoms with Gasteiger partial charge in [0.25, 0.3) is 0 Å². The van der Waals surface area contributed by atoms with Crippen LogP contribution in [0.1, 0.15) is 24.5 Å². The van der Waals surface area contributed by atoms with Crippen molar-refractivity contribution in [3.8, 4) is 0 Å². The van der Waals surface area contributed by atoms with E-state index in [-0.39, 0.29) is 11.7 Å². The summed E-state index contributed by atoms with van der Waals surface area (Å²) in [6, 6.07) is 6.50. The van der Waals surface area contributed by atoms with Crippen LogP contribution in [0.3, 0.4) is 0 Å². The summed E-state index contributed by atoms with van der Waals surface area (Å²) < 4.78 is 14.8. The fourth-order valence-corrected chi connectivity index (χ4v) is 2.96. The minimum Gasteiger partial charge on any atom is -0.355 e. The number of hydrogen-bond donors (Lipinski definition) is 1. The third-order valence-electron chi connectivity index (χ3n) is 4.36. The molecule has 0 atom stereocenters. The van der Waals surface area contributed by atoms with E-state index < -0.39 is 0 Å². The molecule has 1 aromatic heterocycles. The zero-order valence-electron chi connectivity index (χ0n) is 14.4. The predicted molar refractivity (Wildman–Crippen MR) is 95.4 cm³/mol. The first-order valence-electron chi connectivity index (χ1n) is 8.53. The summed E-state index contributed by atoms with van der Waals surface area (Å²) in [7, 11) is 0. The Morgan fingerprint density at radius 1 is 1.32 bits per heavy atom. The fourth-order valence-electron chi connectivity index (χ4n) is 2.96. The molecular weight excluding hydrogens is 319 g/mol. The number of carbonyl (C=O) groups excluding carboxylic acids is 1. The Bertz CT molecular complexity index is 751. The van der Waals surface area contributed by atoms with Crippen LogP contribution >= 0.6 is 0 Å². The number of carbonyl (C=O) groups is 1. The second-order valence-corrected chi connectivity index (χ2v) is 6.32. The van der Waals surface area contributed by atoms with Gasteiger partial charge >= 0.3 is 0 Å². The molecule has 132 valence electrons. The molecule has 0 saturated carbocycles. The van der Waals surface area contributed by atoms with Crippen LogP contribution in [0.15, 0.2) is 42.7 Å². The van der Waals surface area contributed by atoms with Crippen LogP contribution in [-0.4, -0.2) is 46.8 Å². The molecule has 1 aromatic carbocycles. The Morgan fingerprint density at radius 2 is 2.12 bits per heavy atom. The average molecular weight is 342 g/mol. The normalized spacial score (nSPS) is 15.0. The van der Waals surface area contributed by atoms with Crippen LogP contribution in [0.2, 0.25) is 0 Å². The topological polar surface area (TPSA) is 50.2 Å². The lowest BCUT2D eigenvalue weighted by molar-refractivity contribution is -0.119. The van der Waals surface area contributed by atoms with Crippen molar-refractivity contribution in [3.63, 3.8) is 0 Å². The molecule has 2 heterocycles. The molecule has 0 unspecified atom stereocenters. The molecule has 25 heavy (non-hydrogen) atoms. The van der Waals surface area contributed by atoms with E-state index in [1.54, 1.807) is 12.1 Å². The minimum absolute atomic E-state index is 0.0156. The van der Waals surface area contributed by atoms with Crippen molar-refractivity contribution < 1.29 is 9.18 Å². The van der Waals surface area contributed by atoms with E-state index in [1.807, 2.05) is 17.1 Å². The van der Waals surface area contributed by atoms with Crippen molar-refractivity contribution in [2.75, 3.05) is 26.2 Å². The standard InChI is InChI=1S/C19H23FN4O/c1-15(25)21-8-11-23-9-6-17(7-10-23)18-12-22-24(14-18)13-16-2-4-19(20)5-3-16/h2-6,12,14H,7-11,13H2,1H3,(H,21,25). The van der Waals surface area contributed by atoms with E-state index >= 15 is 0 Å². The Morgan fingerprint density at radius 3 is 2.80 bits per heavy atom. The summed E-state index contributed by atoms with van der Waals surface area (Å²) in [4.78, 5) is 13.2. The number of amides is 1. The van der Waals surface area contributed by atoms with Crippen LogP contribution in [0.5, 0.6) is 0 Å². The first-order valence-corrected chi connectivity index (χ1v) is 8.53. The highest BCUT2D eigenvalue weighted by molar-refractivity contribution is 5.72. The maximum absolute atomic E-state index is 13.0. The Labute approximate surface area is 147 Å². The third-order valence-corrected chi connectivity index (χ3v) is 4.36. The number of aromatic nitrogens is 2. The molecule has 5 nitrogen and oxygen atoms in total. The van der Waals surface area contributed by atoms with Gasteiger partial charge in [-0.3, -0.25) is 14.4 Å². The van der Waals surface area contributed by atoms with Crippen molar-refractivity contribution in [1.82, 2.24) is 20.0 Å². The molecule has 6 heteroatoms. The number of benzene rings is 1. The van der Waals surface area contributed by atoms with Crippen molar-refractivity contribution in [2.24, 2.45) is 0 Å². The summed E-state index contributed by atoms with van der Waals surface area (Å²) in [6.45, 7) is 5.60. The molecule has 0 aliphatic carbocycles. The Kier molecular flexibility index (Phi) is 5.60. The van der Waals surface area contributed by atoms with Gasteiger partial charge in [0.15, 0.2) is 0 Å². The molecule has 0 spiro atoms. The zero-order chi connectivity index (χ0) is 17.6. The molecule has 1 amide bonds. The number of nitrogens with one attached hydrogen (secondary N) is 1. The smallest absolute Gasteiger partial charge is 0.216 e. The SMILES string of the molecule is CC(=O)NCCN1CC=C(c2cnn(Cc3ccc(F)cc3)c2)CC1. The largest absolute Gasteiger partial charge is 0.355 e. The lowest BCUT2D eigenvalue weighted by atomic mass is 10.0. The lowest BCUT2D eigenvalue weighted by Crippen LogP contribution is -2.36. The predicted octanol–water partition coefficient (Wildman–Crippen LogP) is 2.30. The number of halogens is 1. The number of hydrogen-bond acceptors (Lipinski definition) is 3. The summed E-state index contributed by atoms with van der Waals surface area (Å²) in [5.74, 6) is -0.206. The number of rotatable bonds is 6. The summed E-state index contributed by atoms with van der Waals surface area (Å²) in [5, 5.41) is 7.25. The second-order valence-electron chi connectivity index (χ2n) is 6.32. The van der Waals surface area contributed by atoms with Gasteiger partial charge in [-0.1, -0.05) is 18.2 Å². The van der Waals surface area contributed by atoms with Crippen molar-refractivity contribution in [2.45, 2.75) is 19.9 Å². The van der Waals surface area contributed by atoms with E-state index in [9.17, 15) is 9.18 Å². The summed E-state index contributed by atoms with van der Waals surface area (Å²) >= 11 is 0. The van der Waals surface area contributed by atoms with Gasteiger partial charge in [-0.05, 0) is 29.7 Å². The molecule has 1 N–H and O–H groups in total. The molecule has 0 radical (unpaired) electrons. The fraction of sp³-hybridized carbons (Fsp3) is 0.368. The van der Waals surface area contributed by atoms with Gasteiger partial charge < -0.3 is 5.32 Å². The average Bonchev–Trinajstić information content (AvgIpc) is 3.06. The molecule has 0 fully saturated rings. The van der Waals surface area contributed by atoms with E-state index in [4.69, 9.17) is 0 Å². The molecule has 0 saturated heterocycles. The summed E-state index contributed by atoms with van der Waals surface area (Å²) in [5.41, 5.74) is 3.47. The highest BCUT2D eigenvalue weighted by Crippen LogP contribution is 2.22. The van der Waals surface area contributed by atoms with E-state index in [1.165, 1.54) is 24.6 Å². The van der Waals surface area contributed by atoms with E-state index in [0.29, 0.717) is 13.1 Å². The van der Waals surface area contributed by atoms with Crippen molar-refractivity contribution >= 4 is 11.5 Å². The maximum Gasteiger partial charge on any atom is 0.216 e. The lowest BCUT2D eigenvalue weighted by Gasteiger charge is -2.25. The van der Waals surface area contributed by atoms with Gasteiger partial charge in [0.05, 0.1) is 12.7 Å². The van der Waals surface area contributed by atoms with Crippen molar-refractivity contribution in [3.05, 3.63) is 59.7 Å². The van der Waals surface area contributed by atoms with Gasteiger partial charge in [0, 0.05) is 44.9 Å². The molecule has 0 bridgehead atoms. The first-order chi connectivity index (χ1) is 12.1. The van der Waals surface area contributed by atoms with Crippen LogP contribution in [0.25, 0.3) is 5.57 Å². The Hall–Kier alpha value is -2.47. The second kappa shape index (κ2) is 8.07. The monoisotopic (exact) mass is 342 g/mol. The molecule has 1 aliphatic heterocycles. The van der Waals surface area contributed by atoms with E-state index in [2.05, 4.69) is 21.4 Å². The van der Waals surface area contributed by atoms with Gasteiger partial charge in [0.2, 0.25) is 5.91 Å². The zero-order valence-corrected chi connectivity index (χ0v) is 14.4. The van der Waals surface area contributed by atoms with Crippen LogP contribution in [-0.2, 0) is 11.3 Å². The molecular formula is C19H23FN4O. The molecule has 1 aliphatic rings. The quantitative estimate of drug-likeness (QED) is 0.876. The molecule has 2 aromatic rings. The first kappa shape index (κ1) is 17.4. The summed E-state index contributed by atoms with van der Waals surface area (Å²) in [6.07, 6.45) is 7.14. The van der Waals surface area contributed by atoms with Gasteiger partial charge in [0.1, 0.15) is 5.82 Å². The van der Waals surface area contributed by atoms with Crippen LogP contribution in [0.4, 0.5) is 4.39 Å². The highest BCUT2D eigenvalue weighted by Gasteiger charge is 2.14. The van der Waals surface area contributed by atoms with Crippen LogP contribution < -0.4 is 5.32 Å². The van der Waals surface area contributed by atoms with E-state index in [0.717, 1.165) is 37.2 Å². The minimum atomic E-state index is -0.222. The van der Waals surface area contributed by atoms with Crippen LogP contribution in [0, 0.1) is 5.82 Å². The van der Waals surface area contributed by atoms with Gasteiger partial charge in [-0.2, -0.15) is 5.10 Å². The number of nitrogens with zero attached hydrogens (tertiary/aromatic N) is 3. The third kappa shape index (κ3) is 5.00. The highest BCUT2D eigenvalue weighted by atomic mass is 19.1. The van der Waals surface area contributed by atoms with Gasteiger partial charge in [-0.25, -0.2) is 4.39 Å². The molecule has 3 rings (SSSR count). The maximum atomic E-state index is 13.0. The van der Waals surface area contributed by atoms with Crippen molar-refractivity contribution in [1.29, 1.82) is 0 Å². The van der Waals surface area contributed by atoms with Gasteiger partial charge in [-0.15, -0.1) is 0 Å².